The first kappa shape index (κ1) is 21.1. The van der Waals surface area contributed by atoms with E-state index >= 15 is 0 Å². The number of carbonyl (C=O) groups excluding carboxylic acids is 2. The lowest BCUT2D eigenvalue weighted by Gasteiger charge is -2.10. The highest BCUT2D eigenvalue weighted by atomic mass is 16.5. The molecule has 0 unspecified atom stereocenters. The molecule has 7 heteroatoms. The SMILES string of the molecule is CCOc1ccc(OCCCC(=O)NNC(=O)COc2ccccc2C)cc1. The van der Waals surface area contributed by atoms with Gasteiger partial charge >= 0.3 is 0 Å². The van der Waals surface area contributed by atoms with Crippen molar-refractivity contribution in [3.8, 4) is 17.2 Å². The van der Waals surface area contributed by atoms with Crippen LogP contribution in [0.1, 0.15) is 25.3 Å². The van der Waals surface area contributed by atoms with Crippen molar-refractivity contribution in [3.63, 3.8) is 0 Å². The lowest BCUT2D eigenvalue weighted by atomic mass is 10.2. The number of carbonyl (C=O) groups is 2. The molecule has 0 saturated heterocycles. The Labute approximate surface area is 165 Å². The van der Waals surface area contributed by atoms with Gasteiger partial charge in [0, 0.05) is 6.42 Å². The van der Waals surface area contributed by atoms with Crippen LogP contribution in [0.3, 0.4) is 0 Å². The van der Waals surface area contributed by atoms with E-state index in [-0.39, 0.29) is 18.9 Å². The Balaban J connectivity index is 1.57. The predicted octanol–water partition coefficient (Wildman–Crippen LogP) is 2.78. The summed E-state index contributed by atoms with van der Waals surface area (Å²) in [4.78, 5) is 23.5. The molecule has 2 N–H and O–H groups in total. The molecule has 2 rings (SSSR count). The summed E-state index contributed by atoms with van der Waals surface area (Å²) >= 11 is 0. The zero-order chi connectivity index (χ0) is 20.2. The van der Waals surface area contributed by atoms with Crippen molar-refractivity contribution in [2.75, 3.05) is 19.8 Å². The first-order chi connectivity index (χ1) is 13.6. The molecule has 0 atom stereocenters. The van der Waals surface area contributed by atoms with Crippen LogP contribution in [0.4, 0.5) is 0 Å². The lowest BCUT2D eigenvalue weighted by molar-refractivity contribution is -0.130. The van der Waals surface area contributed by atoms with E-state index in [1.165, 1.54) is 0 Å². The normalized spacial score (nSPS) is 10.1. The standard InChI is InChI=1S/C21H26N2O5/c1-3-26-17-10-12-18(13-11-17)27-14-6-9-20(24)22-23-21(25)15-28-19-8-5-4-7-16(19)2/h4-5,7-8,10-13H,3,6,9,14-15H2,1-2H3,(H,22,24)(H,23,25). The minimum absolute atomic E-state index is 0.175. The number of amides is 2. The topological polar surface area (TPSA) is 85.9 Å². The Morgan fingerprint density at radius 1 is 0.857 bits per heavy atom. The first-order valence-corrected chi connectivity index (χ1v) is 9.20. The molecule has 0 aliphatic heterocycles. The van der Waals surface area contributed by atoms with Crippen LogP contribution < -0.4 is 25.1 Å². The van der Waals surface area contributed by atoms with Crippen LogP contribution in [-0.4, -0.2) is 31.6 Å². The summed E-state index contributed by atoms with van der Waals surface area (Å²) in [5.41, 5.74) is 5.63. The minimum Gasteiger partial charge on any atom is -0.494 e. The summed E-state index contributed by atoms with van der Waals surface area (Å²) in [5.74, 6) is 1.42. The Hall–Kier alpha value is -3.22. The van der Waals surface area contributed by atoms with Crippen LogP contribution in [0.15, 0.2) is 48.5 Å². The third-order valence-corrected chi connectivity index (χ3v) is 3.75. The van der Waals surface area contributed by atoms with Crippen LogP contribution in [0.5, 0.6) is 17.2 Å². The van der Waals surface area contributed by atoms with Gasteiger partial charge in [-0.2, -0.15) is 0 Å². The maximum atomic E-state index is 11.8. The molecule has 28 heavy (non-hydrogen) atoms. The Morgan fingerprint density at radius 2 is 1.50 bits per heavy atom. The van der Waals surface area contributed by atoms with Gasteiger partial charge in [-0.15, -0.1) is 0 Å². The van der Waals surface area contributed by atoms with Gasteiger partial charge in [0.25, 0.3) is 5.91 Å². The van der Waals surface area contributed by atoms with Gasteiger partial charge in [-0.3, -0.25) is 20.4 Å². The number of hydrazine groups is 1. The molecule has 0 aliphatic rings. The van der Waals surface area contributed by atoms with Crippen LogP contribution in [0.2, 0.25) is 0 Å². The fourth-order valence-corrected chi connectivity index (χ4v) is 2.32. The molecule has 2 aromatic carbocycles. The van der Waals surface area contributed by atoms with Crippen LogP contribution in [-0.2, 0) is 9.59 Å². The summed E-state index contributed by atoms with van der Waals surface area (Å²) in [7, 11) is 0. The summed E-state index contributed by atoms with van der Waals surface area (Å²) in [6.07, 6.45) is 0.755. The average Bonchev–Trinajstić information content (AvgIpc) is 2.70. The van der Waals surface area contributed by atoms with Gasteiger partial charge in [-0.05, 0) is 56.2 Å². The van der Waals surface area contributed by atoms with Gasteiger partial charge in [0.15, 0.2) is 6.61 Å². The largest absolute Gasteiger partial charge is 0.494 e. The Bertz CT molecular complexity index is 762. The molecule has 7 nitrogen and oxygen atoms in total. The molecule has 0 aromatic heterocycles. The fraction of sp³-hybridized carbons (Fsp3) is 0.333. The molecule has 0 bridgehead atoms. The maximum absolute atomic E-state index is 11.8. The molecular formula is C21H26N2O5. The van der Waals surface area contributed by atoms with Crippen molar-refractivity contribution >= 4 is 11.8 Å². The minimum atomic E-state index is -0.428. The highest BCUT2D eigenvalue weighted by Gasteiger charge is 2.07. The van der Waals surface area contributed by atoms with Crippen molar-refractivity contribution in [1.29, 1.82) is 0 Å². The molecule has 0 fully saturated rings. The van der Waals surface area contributed by atoms with E-state index in [2.05, 4.69) is 10.9 Å². The Morgan fingerprint density at radius 3 is 2.18 bits per heavy atom. The number of benzene rings is 2. The van der Waals surface area contributed by atoms with Crippen molar-refractivity contribution in [2.45, 2.75) is 26.7 Å². The lowest BCUT2D eigenvalue weighted by Crippen LogP contribution is -2.43. The number of aryl methyl sites for hydroxylation is 1. The molecule has 0 heterocycles. The highest BCUT2D eigenvalue weighted by Crippen LogP contribution is 2.18. The van der Waals surface area contributed by atoms with Gasteiger partial charge in [-0.1, -0.05) is 18.2 Å². The van der Waals surface area contributed by atoms with E-state index in [0.29, 0.717) is 31.1 Å². The predicted molar refractivity (Wildman–Crippen MR) is 105 cm³/mol. The molecular weight excluding hydrogens is 360 g/mol. The first-order valence-electron chi connectivity index (χ1n) is 9.20. The summed E-state index contributed by atoms with van der Waals surface area (Å²) in [5, 5.41) is 0. The van der Waals surface area contributed by atoms with Crippen molar-refractivity contribution in [2.24, 2.45) is 0 Å². The quantitative estimate of drug-likeness (QED) is 0.484. The average molecular weight is 386 g/mol. The summed E-state index contributed by atoms with van der Waals surface area (Å²) in [6, 6.07) is 14.7. The van der Waals surface area contributed by atoms with Crippen LogP contribution in [0, 0.1) is 6.92 Å². The third-order valence-electron chi connectivity index (χ3n) is 3.75. The van der Waals surface area contributed by atoms with Crippen molar-refractivity contribution in [3.05, 3.63) is 54.1 Å². The number of hydrogen-bond donors (Lipinski definition) is 2. The van der Waals surface area contributed by atoms with Crippen molar-refractivity contribution in [1.82, 2.24) is 10.9 Å². The monoisotopic (exact) mass is 386 g/mol. The number of ether oxygens (including phenoxy) is 3. The van der Waals surface area contributed by atoms with Gasteiger partial charge in [0.2, 0.25) is 5.91 Å². The second kappa shape index (κ2) is 11.5. The maximum Gasteiger partial charge on any atom is 0.276 e. The van der Waals surface area contributed by atoms with Gasteiger partial charge < -0.3 is 14.2 Å². The fourth-order valence-electron chi connectivity index (χ4n) is 2.32. The smallest absolute Gasteiger partial charge is 0.276 e. The zero-order valence-electron chi connectivity index (χ0n) is 16.2. The van der Waals surface area contributed by atoms with Crippen molar-refractivity contribution < 1.29 is 23.8 Å². The third kappa shape index (κ3) is 7.57. The molecule has 2 aromatic rings. The van der Waals surface area contributed by atoms with Crippen LogP contribution >= 0.6 is 0 Å². The number of nitrogens with one attached hydrogen (secondary N) is 2. The highest BCUT2D eigenvalue weighted by molar-refractivity contribution is 5.82. The number of para-hydroxylation sites is 1. The molecule has 0 saturated carbocycles. The summed E-state index contributed by atoms with van der Waals surface area (Å²) in [6.45, 7) is 4.65. The Kier molecular flexibility index (Phi) is 8.65. The van der Waals surface area contributed by atoms with Gasteiger partial charge in [-0.25, -0.2) is 0 Å². The van der Waals surface area contributed by atoms with E-state index in [1.54, 1.807) is 6.07 Å². The van der Waals surface area contributed by atoms with E-state index in [0.717, 1.165) is 11.3 Å². The van der Waals surface area contributed by atoms with Crippen LogP contribution in [0.25, 0.3) is 0 Å². The number of rotatable bonds is 10. The number of hydrogen-bond acceptors (Lipinski definition) is 5. The molecule has 0 radical (unpaired) electrons. The molecule has 0 spiro atoms. The molecule has 0 aliphatic carbocycles. The van der Waals surface area contributed by atoms with Gasteiger partial charge in [0.05, 0.1) is 13.2 Å². The molecule has 150 valence electrons. The second-order valence-corrected chi connectivity index (χ2v) is 6.01. The van der Waals surface area contributed by atoms with Gasteiger partial charge in [0.1, 0.15) is 17.2 Å². The zero-order valence-corrected chi connectivity index (χ0v) is 16.2. The molecule has 2 amide bonds. The second-order valence-electron chi connectivity index (χ2n) is 6.01. The van der Waals surface area contributed by atoms with E-state index < -0.39 is 5.91 Å². The van der Waals surface area contributed by atoms with E-state index in [1.807, 2.05) is 56.3 Å². The van der Waals surface area contributed by atoms with E-state index in [9.17, 15) is 9.59 Å². The summed E-state index contributed by atoms with van der Waals surface area (Å²) < 4.78 is 16.3. The van der Waals surface area contributed by atoms with E-state index in [4.69, 9.17) is 14.2 Å².